The van der Waals surface area contributed by atoms with Gasteiger partial charge in [-0.2, -0.15) is 0 Å². The summed E-state index contributed by atoms with van der Waals surface area (Å²) in [6.45, 7) is 7.70. The predicted molar refractivity (Wildman–Crippen MR) is 100 cm³/mol. The van der Waals surface area contributed by atoms with Crippen molar-refractivity contribution in [3.8, 4) is 5.75 Å². The number of ether oxygens (including phenoxy) is 2. The molecular formula is C21H24O5. The van der Waals surface area contributed by atoms with E-state index in [2.05, 4.69) is 0 Å². The fraction of sp³-hybridized carbons (Fsp3) is 0.381. The van der Waals surface area contributed by atoms with Gasteiger partial charge < -0.3 is 19.0 Å². The van der Waals surface area contributed by atoms with Crippen molar-refractivity contribution in [1.82, 2.24) is 0 Å². The number of hydrogen-bond donors (Lipinski definition) is 1. The standard InChI is InChI=1S/C21H24O5/c1-11(2)8-17(23)25-10-15-18-12(3)9-26-21(18)20(24-5)14-6-7-16(22)13(4)19(14)15/h6-9,13,16,22H,10H2,1-5H3. The summed E-state index contributed by atoms with van der Waals surface area (Å²) in [7, 11) is 1.60. The van der Waals surface area contributed by atoms with Crippen LogP contribution in [0.2, 0.25) is 0 Å². The second kappa shape index (κ2) is 7.00. The first-order chi connectivity index (χ1) is 12.3. The summed E-state index contributed by atoms with van der Waals surface area (Å²) in [5.74, 6) is 0.0978. The van der Waals surface area contributed by atoms with Gasteiger partial charge in [-0.05, 0) is 31.9 Å². The van der Waals surface area contributed by atoms with E-state index in [9.17, 15) is 9.90 Å². The Morgan fingerprint density at radius 1 is 1.38 bits per heavy atom. The Labute approximate surface area is 152 Å². The minimum absolute atomic E-state index is 0.108. The summed E-state index contributed by atoms with van der Waals surface area (Å²) >= 11 is 0. The molecule has 3 rings (SSSR count). The molecule has 1 N–H and O–H groups in total. The number of rotatable bonds is 4. The van der Waals surface area contributed by atoms with Crippen LogP contribution in [-0.4, -0.2) is 24.3 Å². The molecule has 0 aliphatic heterocycles. The number of aryl methyl sites for hydroxylation is 1. The van der Waals surface area contributed by atoms with Gasteiger partial charge in [0, 0.05) is 28.5 Å². The number of aliphatic hydroxyl groups excluding tert-OH is 1. The van der Waals surface area contributed by atoms with Crippen molar-refractivity contribution < 1.29 is 23.8 Å². The molecule has 2 aromatic rings. The maximum Gasteiger partial charge on any atom is 0.331 e. The molecule has 1 heterocycles. The topological polar surface area (TPSA) is 68.9 Å². The molecule has 1 aromatic carbocycles. The van der Waals surface area contributed by atoms with Crippen molar-refractivity contribution in [3.05, 3.63) is 46.2 Å². The van der Waals surface area contributed by atoms with E-state index < -0.39 is 6.10 Å². The number of allylic oxidation sites excluding steroid dienone is 1. The van der Waals surface area contributed by atoms with Gasteiger partial charge in [0.2, 0.25) is 0 Å². The number of methoxy groups -OCH3 is 1. The molecule has 2 unspecified atom stereocenters. The minimum atomic E-state index is -0.607. The molecule has 0 amide bonds. The van der Waals surface area contributed by atoms with Crippen molar-refractivity contribution in [2.75, 3.05) is 7.11 Å². The summed E-state index contributed by atoms with van der Waals surface area (Å²) in [5, 5.41) is 11.2. The molecule has 0 radical (unpaired) electrons. The van der Waals surface area contributed by atoms with Crippen LogP contribution in [0.25, 0.3) is 17.0 Å². The van der Waals surface area contributed by atoms with Crippen LogP contribution in [0.3, 0.4) is 0 Å². The molecule has 1 aliphatic carbocycles. The molecule has 5 nitrogen and oxygen atoms in total. The molecule has 5 heteroatoms. The van der Waals surface area contributed by atoms with E-state index in [1.807, 2.05) is 33.8 Å². The number of esters is 1. The van der Waals surface area contributed by atoms with Crippen molar-refractivity contribution in [3.63, 3.8) is 0 Å². The first-order valence-electron chi connectivity index (χ1n) is 8.63. The Morgan fingerprint density at radius 2 is 2.12 bits per heavy atom. The van der Waals surface area contributed by atoms with Gasteiger partial charge in [0.05, 0.1) is 19.5 Å². The largest absolute Gasteiger partial charge is 0.492 e. The van der Waals surface area contributed by atoms with Crippen molar-refractivity contribution >= 4 is 23.0 Å². The van der Waals surface area contributed by atoms with Gasteiger partial charge in [-0.3, -0.25) is 0 Å². The molecule has 26 heavy (non-hydrogen) atoms. The highest BCUT2D eigenvalue weighted by molar-refractivity contribution is 5.95. The quantitative estimate of drug-likeness (QED) is 0.655. The van der Waals surface area contributed by atoms with Gasteiger partial charge in [0.1, 0.15) is 6.61 Å². The number of benzene rings is 1. The van der Waals surface area contributed by atoms with Crippen molar-refractivity contribution in [2.24, 2.45) is 0 Å². The predicted octanol–water partition coefficient (Wildman–Crippen LogP) is 4.25. The van der Waals surface area contributed by atoms with Crippen LogP contribution in [0.15, 0.2) is 28.4 Å². The average Bonchev–Trinajstić information content (AvgIpc) is 2.96. The van der Waals surface area contributed by atoms with Crippen LogP contribution < -0.4 is 4.74 Å². The minimum Gasteiger partial charge on any atom is -0.492 e. The van der Waals surface area contributed by atoms with E-state index >= 15 is 0 Å². The Kier molecular flexibility index (Phi) is 4.92. The van der Waals surface area contributed by atoms with E-state index in [0.29, 0.717) is 11.3 Å². The molecule has 0 fully saturated rings. The van der Waals surface area contributed by atoms with E-state index in [4.69, 9.17) is 13.9 Å². The third kappa shape index (κ3) is 3.03. The Morgan fingerprint density at radius 3 is 2.77 bits per heavy atom. The monoisotopic (exact) mass is 356 g/mol. The molecule has 0 saturated carbocycles. The number of furan rings is 1. The Bertz CT molecular complexity index is 912. The highest BCUT2D eigenvalue weighted by Crippen LogP contribution is 2.45. The normalized spacial score (nSPS) is 18.5. The van der Waals surface area contributed by atoms with Crippen LogP contribution in [0.5, 0.6) is 5.75 Å². The van der Waals surface area contributed by atoms with Crippen molar-refractivity contribution in [2.45, 2.75) is 46.3 Å². The lowest BCUT2D eigenvalue weighted by molar-refractivity contribution is -0.139. The molecule has 0 bridgehead atoms. The third-order valence-corrected chi connectivity index (χ3v) is 4.74. The summed E-state index contributed by atoms with van der Waals surface area (Å²) in [6.07, 6.45) is 6.12. The highest BCUT2D eigenvalue weighted by Gasteiger charge is 2.30. The maximum absolute atomic E-state index is 12.0. The first-order valence-corrected chi connectivity index (χ1v) is 8.63. The summed E-state index contributed by atoms with van der Waals surface area (Å²) in [6, 6.07) is 0. The van der Waals surface area contributed by atoms with Crippen LogP contribution in [0.1, 0.15) is 48.9 Å². The molecule has 1 aromatic heterocycles. The maximum atomic E-state index is 12.0. The first kappa shape index (κ1) is 18.3. The fourth-order valence-electron chi connectivity index (χ4n) is 3.52. The Hall–Kier alpha value is -2.53. The van der Waals surface area contributed by atoms with Gasteiger partial charge in [-0.1, -0.05) is 24.6 Å². The van der Waals surface area contributed by atoms with Gasteiger partial charge in [-0.25, -0.2) is 4.79 Å². The molecule has 138 valence electrons. The lowest BCUT2D eigenvalue weighted by Gasteiger charge is -2.27. The number of aliphatic hydroxyl groups is 1. The number of carbonyl (C=O) groups is 1. The summed E-state index contributed by atoms with van der Waals surface area (Å²) in [4.78, 5) is 12.0. The van der Waals surface area contributed by atoms with E-state index in [1.165, 1.54) is 6.08 Å². The van der Waals surface area contributed by atoms with E-state index in [0.717, 1.165) is 33.2 Å². The number of carbonyl (C=O) groups excluding carboxylic acids is 1. The second-order valence-electron chi connectivity index (χ2n) is 6.93. The summed E-state index contributed by atoms with van der Waals surface area (Å²) in [5.41, 5.74) is 5.09. The summed E-state index contributed by atoms with van der Waals surface area (Å²) < 4.78 is 16.8. The van der Waals surface area contributed by atoms with Gasteiger partial charge in [0.15, 0.2) is 11.3 Å². The van der Waals surface area contributed by atoms with Crippen LogP contribution in [0.4, 0.5) is 0 Å². The van der Waals surface area contributed by atoms with Crippen LogP contribution >= 0.6 is 0 Å². The second-order valence-corrected chi connectivity index (χ2v) is 6.93. The molecule has 0 saturated heterocycles. The zero-order valence-electron chi connectivity index (χ0n) is 15.8. The third-order valence-electron chi connectivity index (χ3n) is 4.74. The number of fused-ring (bicyclic) bond motifs is 2. The lowest BCUT2D eigenvalue weighted by Crippen LogP contribution is -2.20. The molecule has 2 atom stereocenters. The highest BCUT2D eigenvalue weighted by atomic mass is 16.5. The smallest absolute Gasteiger partial charge is 0.331 e. The number of hydrogen-bond acceptors (Lipinski definition) is 5. The van der Waals surface area contributed by atoms with Gasteiger partial charge >= 0.3 is 5.97 Å². The van der Waals surface area contributed by atoms with Crippen LogP contribution in [0, 0.1) is 6.92 Å². The van der Waals surface area contributed by atoms with Crippen LogP contribution in [-0.2, 0) is 16.1 Å². The lowest BCUT2D eigenvalue weighted by atomic mass is 9.81. The zero-order chi connectivity index (χ0) is 19.0. The SMILES string of the molecule is COc1c2c(c(COC(=O)C=C(C)C)c3c(C)coc13)C(C)C(O)C=C2. The fourth-order valence-corrected chi connectivity index (χ4v) is 3.52. The van der Waals surface area contributed by atoms with Gasteiger partial charge in [0.25, 0.3) is 0 Å². The van der Waals surface area contributed by atoms with Crippen molar-refractivity contribution in [1.29, 1.82) is 0 Å². The molecule has 0 spiro atoms. The van der Waals surface area contributed by atoms with E-state index in [-0.39, 0.29) is 18.5 Å². The molecule has 1 aliphatic rings. The molecular weight excluding hydrogens is 332 g/mol. The van der Waals surface area contributed by atoms with E-state index in [1.54, 1.807) is 19.4 Å². The van der Waals surface area contributed by atoms with Gasteiger partial charge in [-0.15, -0.1) is 0 Å². The zero-order valence-corrected chi connectivity index (χ0v) is 15.8. The Balaban J connectivity index is 2.20. The average molecular weight is 356 g/mol.